The number of aliphatic hydroxyl groups excluding tert-OH is 1. The molecule has 1 N–H and O–H groups in total. The standard InChI is InChI=1S/C7H6BrF2NO/c8-5-1-4(3-12)2-11-6(5)7(9)10/h1-2,7,12H,3H2. The van der Waals surface area contributed by atoms with E-state index >= 15 is 0 Å². The highest BCUT2D eigenvalue weighted by Gasteiger charge is 2.12. The minimum absolute atomic E-state index is 0.199. The maximum absolute atomic E-state index is 12.1. The van der Waals surface area contributed by atoms with Crippen molar-refractivity contribution in [1.29, 1.82) is 0 Å². The summed E-state index contributed by atoms with van der Waals surface area (Å²) in [6, 6.07) is 1.43. The molecule has 0 spiro atoms. The van der Waals surface area contributed by atoms with Crippen molar-refractivity contribution in [2.75, 3.05) is 0 Å². The zero-order chi connectivity index (χ0) is 9.14. The summed E-state index contributed by atoms with van der Waals surface area (Å²) in [5, 5.41) is 8.64. The van der Waals surface area contributed by atoms with Crippen molar-refractivity contribution in [3.63, 3.8) is 0 Å². The normalized spacial score (nSPS) is 10.8. The summed E-state index contributed by atoms with van der Waals surface area (Å²) in [5.74, 6) is 0. The van der Waals surface area contributed by atoms with Crippen molar-refractivity contribution in [1.82, 2.24) is 4.98 Å². The second kappa shape index (κ2) is 3.91. The van der Waals surface area contributed by atoms with Gasteiger partial charge in [-0.15, -0.1) is 0 Å². The van der Waals surface area contributed by atoms with Crippen LogP contribution in [0.15, 0.2) is 16.7 Å². The first kappa shape index (κ1) is 9.54. The maximum Gasteiger partial charge on any atom is 0.281 e. The molecule has 0 unspecified atom stereocenters. The van der Waals surface area contributed by atoms with Crippen molar-refractivity contribution >= 4 is 15.9 Å². The summed E-state index contributed by atoms with van der Waals surface area (Å²) >= 11 is 2.93. The van der Waals surface area contributed by atoms with Crippen LogP contribution in [0.1, 0.15) is 17.7 Å². The van der Waals surface area contributed by atoms with Gasteiger partial charge >= 0.3 is 0 Å². The number of rotatable bonds is 2. The summed E-state index contributed by atoms with van der Waals surface area (Å²) in [5.41, 5.74) is 0.207. The molecule has 0 aliphatic carbocycles. The molecule has 0 radical (unpaired) electrons. The molecule has 1 rings (SSSR count). The van der Waals surface area contributed by atoms with Gasteiger partial charge in [0.2, 0.25) is 0 Å². The predicted octanol–water partition coefficient (Wildman–Crippen LogP) is 2.27. The first-order valence-electron chi connectivity index (χ1n) is 3.18. The van der Waals surface area contributed by atoms with Crippen LogP contribution in [0.25, 0.3) is 0 Å². The molecule has 1 aromatic heterocycles. The monoisotopic (exact) mass is 237 g/mol. The fourth-order valence-corrected chi connectivity index (χ4v) is 1.30. The van der Waals surface area contributed by atoms with Gasteiger partial charge in [0.05, 0.1) is 6.61 Å². The van der Waals surface area contributed by atoms with Gasteiger partial charge in [0.15, 0.2) is 0 Å². The van der Waals surface area contributed by atoms with Gasteiger partial charge < -0.3 is 5.11 Å². The molecule has 0 saturated heterocycles. The lowest BCUT2D eigenvalue weighted by Gasteiger charge is -2.02. The second-order valence-electron chi connectivity index (χ2n) is 2.17. The van der Waals surface area contributed by atoms with Crippen LogP contribution in [0.2, 0.25) is 0 Å². The average Bonchev–Trinajstić information content (AvgIpc) is 2.03. The van der Waals surface area contributed by atoms with Crippen LogP contribution >= 0.6 is 15.9 Å². The van der Waals surface area contributed by atoms with Gasteiger partial charge in [-0.2, -0.15) is 0 Å². The van der Waals surface area contributed by atoms with Crippen LogP contribution < -0.4 is 0 Å². The van der Waals surface area contributed by atoms with Crippen LogP contribution in [-0.4, -0.2) is 10.1 Å². The number of pyridine rings is 1. The number of alkyl halides is 2. The Morgan fingerprint density at radius 1 is 1.58 bits per heavy atom. The van der Waals surface area contributed by atoms with Crippen LogP contribution in [0.5, 0.6) is 0 Å². The van der Waals surface area contributed by atoms with Gasteiger partial charge in [0, 0.05) is 10.7 Å². The highest BCUT2D eigenvalue weighted by Crippen LogP contribution is 2.25. The molecule has 0 aliphatic rings. The summed E-state index contributed by atoms with van der Waals surface area (Å²) in [6.45, 7) is -0.199. The van der Waals surface area contributed by atoms with Gasteiger partial charge in [0.1, 0.15) is 5.69 Å². The molecular weight excluding hydrogens is 232 g/mol. The zero-order valence-electron chi connectivity index (χ0n) is 5.97. The quantitative estimate of drug-likeness (QED) is 0.857. The molecule has 2 nitrogen and oxygen atoms in total. The zero-order valence-corrected chi connectivity index (χ0v) is 7.55. The minimum atomic E-state index is -2.59. The molecule has 0 fully saturated rings. The number of nitrogens with zero attached hydrogens (tertiary/aromatic N) is 1. The smallest absolute Gasteiger partial charge is 0.281 e. The molecule has 0 bridgehead atoms. The van der Waals surface area contributed by atoms with E-state index in [0.29, 0.717) is 5.56 Å². The molecule has 66 valence electrons. The maximum atomic E-state index is 12.1. The summed E-state index contributed by atoms with van der Waals surface area (Å²) in [7, 11) is 0. The molecule has 12 heavy (non-hydrogen) atoms. The number of hydrogen-bond donors (Lipinski definition) is 1. The van der Waals surface area contributed by atoms with Crippen LogP contribution in [0, 0.1) is 0 Å². The predicted molar refractivity (Wildman–Crippen MR) is 42.8 cm³/mol. The SMILES string of the molecule is OCc1cnc(C(F)F)c(Br)c1. The van der Waals surface area contributed by atoms with Gasteiger partial charge in [-0.3, -0.25) is 4.98 Å². The average molecular weight is 238 g/mol. The van der Waals surface area contributed by atoms with Crippen molar-refractivity contribution in [2.24, 2.45) is 0 Å². The van der Waals surface area contributed by atoms with E-state index in [0.717, 1.165) is 0 Å². The Bertz CT molecular complexity index is 280. The lowest BCUT2D eigenvalue weighted by molar-refractivity contribution is 0.145. The Morgan fingerprint density at radius 3 is 2.67 bits per heavy atom. The highest BCUT2D eigenvalue weighted by atomic mass is 79.9. The first-order valence-corrected chi connectivity index (χ1v) is 3.97. The van der Waals surface area contributed by atoms with Crippen LogP contribution in [-0.2, 0) is 6.61 Å². The van der Waals surface area contributed by atoms with Crippen molar-refractivity contribution in [3.05, 3.63) is 28.0 Å². The number of halogens is 3. The first-order chi connectivity index (χ1) is 5.65. The Kier molecular flexibility index (Phi) is 3.11. The Hall–Kier alpha value is -0.550. The Labute approximate surface area is 76.4 Å². The van der Waals surface area contributed by atoms with E-state index in [1.807, 2.05) is 0 Å². The molecular formula is C7H6BrF2NO. The van der Waals surface area contributed by atoms with E-state index in [1.54, 1.807) is 0 Å². The Balaban J connectivity index is 3.03. The van der Waals surface area contributed by atoms with Crippen LogP contribution in [0.4, 0.5) is 8.78 Å². The molecule has 0 aliphatic heterocycles. The molecule has 5 heteroatoms. The highest BCUT2D eigenvalue weighted by molar-refractivity contribution is 9.10. The molecule has 0 amide bonds. The third kappa shape index (κ3) is 1.98. The number of hydrogen-bond acceptors (Lipinski definition) is 2. The topological polar surface area (TPSA) is 33.1 Å². The fourth-order valence-electron chi connectivity index (χ4n) is 0.735. The van der Waals surface area contributed by atoms with Crippen molar-refractivity contribution in [3.8, 4) is 0 Å². The van der Waals surface area contributed by atoms with Gasteiger partial charge in [-0.1, -0.05) is 0 Å². The van der Waals surface area contributed by atoms with Gasteiger partial charge in [0.25, 0.3) is 6.43 Å². The third-order valence-corrected chi connectivity index (χ3v) is 1.95. The van der Waals surface area contributed by atoms with E-state index in [9.17, 15) is 8.78 Å². The van der Waals surface area contributed by atoms with E-state index in [-0.39, 0.29) is 16.8 Å². The lowest BCUT2D eigenvalue weighted by Crippen LogP contribution is -1.94. The number of aromatic nitrogens is 1. The molecule has 0 aromatic carbocycles. The molecule has 0 saturated carbocycles. The second-order valence-corrected chi connectivity index (χ2v) is 3.02. The fraction of sp³-hybridized carbons (Fsp3) is 0.286. The largest absolute Gasteiger partial charge is 0.392 e. The third-order valence-electron chi connectivity index (χ3n) is 1.32. The van der Waals surface area contributed by atoms with Crippen molar-refractivity contribution in [2.45, 2.75) is 13.0 Å². The molecule has 1 heterocycles. The summed E-state index contributed by atoms with van der Waals surface area (Å²) in [4.78, 5) is 3.49. The van der Waals surface area contributed by atoms with E-state index in [2.05, 4.69) is 20.9 Å². The molecule has 0 atom stereocenters. The van der Waals surface area contributed by atoms with Crippen LogP contribution in [0.3, 0.4) is 0 Å². The summed E-state index contributed by atoms with van der Waals surface area (Å²) < 4.78 is 24.4. The van der Waals surface area contributed by atoms with E-state index in [1.165, 1.54) is 12.3 Å². The van der Waals surface area contributed by atoms with E-state index in [4.69, 9.17) is 5.11 Å². The minimum Gasteiger partial charge on any atom is -0.392 e. The van der Waals surface area contributed by atoms with Gasteiger partial charge in [-0.05, 0) is 27.6 Å². The Morgan fingerprint density at radius 2 is 2.25 bits per heavy atom. The summed E-state index contributed by atoms with van der Waals surface area (Å²) in [6.07, 6.45) is -1.36. The van der Waals surface area contributed by atoms with E-state index < -0.39 is 6.43 Å². The number of aliphatic hydroxyl groups is 1. The van der Waals surface area contributed by atoms with Crippen molar-refractivity contribution < 1.29 is 13.9 Å². The lowest BCUT2D eigenvalue weighted by atomic mass is 10.2. The molecule has 1 aromatic rings. The van der Waals surface area contributed by atoms with Gasteiger partial charge in [-0.25, -0.2) is 8.78 Å².